The van der Waals surface area contributed by atoms with Gasteiger partial charge in [-0.1, -0.05) is 37.8 Å². The van der Waals surface area contributed by atoms with Gasteiger partial charge in [0.15, 0.2) is 0 Å². The van der Waals surface area contributed by atoms with Crippen LogP contribution in [-0.2, 0) is 23.9 Å². The van der Waals surface area contributed by atoms with Crippen LogP contribution < -0.4 is 10.6 Å². The van der Waals surface area contributed by atoms with Crippen LogP contribution in [0.4, 0.5) is 4.79 Å². The van der Waals surface area contributed by atoms with Crippen LogP contribution in [0, 0.1) is 0 Å². The number of esters is 1. The van der Waals surface area contributed by atoms with E-state index in [1.807, 2.05) is 19.2 Å². The molecule has 3 amide bonds. The van der Waals surface area contributed by atoms with Crippen LogP contribution in [0.3, 0.4) is 0 Å². The van der Waals surface area contributed by atoms with Crippen molar-refractivity contribution < 1.29 is 28.7 Å². The molecule has 9 nitrogen and oxygen atoms in total. The summed E-state index contributed by atoms with van der Waals surface area (Å²) in [5.74, 6) is -0.958. The van der Waals surface area contributed by atoms with Gasteiger partial charge >= 0.3 is 12.1 Å². The predicted molar refractivity (Wildman–Crippen MR) is 142 cm³/mol. The highest BCUT2D eigenvalue weighted by Crippen LogP contribution is 2.25. The van der Waals surface area contributed by atoms with E-state index in [1.54, 1.807) is 45.0 Å². The van der Waals surface area contributed by atoms with E-state index in [4.69, 9.17) is 4.74 Å². The first-order valence-corrected chi connectivity index (χ1v) is 13.2. The molecule has 0 fully saturated rings. The second kappa shape index (κ2) is 15.2. The molecule has 0 heterocycles. The summed E-state index contributed by atoms with van der Waals surface area (Å²) in [6.07, 6.45) is 3.75. The fraction of sp³-hybridized carbons (Fsp3) is 0.538. The van der Waals surface area contributed by atoms with Gasteiger partial charge in [-0.05, 0) is 62.8 Å². The minimum absolute atomic E-state index is 0.249. The van der Waals surface area contributed by atoms with Crippen LogP contribution in [0.1, 0.15) is 57.7 Å². The molecule has 0 aromatic heterocycles. The van der Waals surface area contributed by atoms with Crippen molar-refractivity contribution in [2.45, 2.75) is 58.2 Å². The molecule has 36 heavy (non-hydrogen) atoms. The van der Waals surface area contributed by atoms with E-state index in [2.05, 4.69) is 21.9 Å². The molecule has 10 heteroatoms. The molecule has 0 saturated carbocycles. The molecule has 2 atom stereocenters. The van der Waals surface area contributed by atoms with Crippen LogP contribution in [0.5, 0.6) is 0 Å². The zero-order chi connectivity index (χ0) is 27.3. The van der Waals surface area contributed by atoms with Crippen molar-refractivity contribution in [2.75, 3.05) is 32.2 Å². The molecule has 1 aromatic rings. The Bertz CT molecular complexity index is 915. The lowest BCUT2D eigenvalue weighted by Gasteiger charge is -2.34. The van der Waals surface area contributed by atoms with E-state index < -0.39 is 41.6 Å². The zero-order valence-electron chi connectivity index (χ0n) is 22.1. The number of carbonyl (C=O) groups excluding carboxylic acids is 4. The maximum Gasteiger partial charge on any atom is 0.408 e. The van der Waals surface area contributed by atoms with Gasteiger partial charge in [0.2, 0.25) is 11.8 Å². The minimum Gasteiger partial charge on any atom is -0.468 e. The maximum atomic E-state index is 13.9. The van der Waals surface area contributed by atoms with Crippen molar-refractivity contribution in [3.05, 3.63) is 42.0 Å². The van der Waals surface area contributed by atoms with Gasteiger partial charge in [0.1, 0.15) is 24.2 Å². The first kappa shape index (κ1) is 31.0. The highest BCUT2D eigenvalue weighted by Gasteiger charge is 2.36. The molecule has 0 aliphatic rings. The molecule has 2 unspecified atom stereocenters. The second-order valence-corrected chi connectivity index (χ2v) is 10.1. The summed E-state index contributed by atoms with van der Waals surface area (Å²) in [4.78, 5) is 52.9. The summed E-state index contributed by atoms with van der Waals surface area (Å²) >= 11 is 1.54. The number of alkyl carbamates (subject to hydrolysis) is 1. The molecule has 200 valence electrons. The molecule has 0 saturated heterocycles. The highest BCUT2D eigenvalue weighted by atomic mass is 32.2. The molecule has 0 aliphatic carbocycles. The Morgan fingerprint density at radius 1 is 1.22 bits per heavy atom. The highest BCUT2D eigenvalue weighted by molar-refractivity contribution is 7.98. The Labute approximate surface area is 218 Å². The number of thioether (sulfide) groups is 1. The number of ether oxygens (including phenoxy) is 2. The number of benzene rings is 1. The van der Waals surface area contributed by atoms with Gasteiger partial charge < -0.3 is 25.0 Å². The van der Waals surface area contributed by atoms with Crippen LogP contribution in [-0.4, -0.2) is 72.6 Å². The van der Waals surface area contributed by atoms with E-state index in [9.17, 15) is 19.2 Å². The molecule has 0 bridgehead atoms. The zero-order valence-corrected chi connectivity index (χ0v) is 22.9. The third-order valence-corrected chi connectivity index (χ3v) is 5.65. The third kappa shape index (κ3) is 10.3. The SMILES string of the molecule is C=Cc1cccc(C(C(=O)NCC(=O)OC)N(CCC)C(=O)C(CCSC)NC(=O)OC(C)(C)C)c1. The van der Waals surface area contributed by atoms with Crippen molar-refractivity contribution in [1.29, 1.82) is 0 Å². The fourth-order valence-corrected chi connectivity index (χ4v) is 3.88. The Morgan fingerprint density at radius 3 is 2.47 bits per heavy atom. The van der Waals surface area contributed by atoms with Gasteiger partial charge in [0.05, 0.1) is 7.11 Å². The summed E-state index contributed by atoms with van der Waals surface area (Å²) in [5.41, 5.74) is 0.590. The molecule has 0 radical (unpaired) electrons. The average Bonchev–Trinajstić information content (AvgIpc) is 2.83. The van der Waals surface area contributed by atoms with Gasteiger partial charge in [0.25, 0.3) is 0 Å². The van der Waals surface area contributed by atoms with Crippen LogP contribution in [0.2, 0.25) is 0 Å². The van der Waals surface area contributed by atoms with Crippen molar-refractivity contribution in [1.82, 2.24) is 15.5 Å². The van der Waals surface area contributed by atoms with Crippen LogP contribution in [0.15, 0.2) is 30.8 Å². The number of nitrogens with one attached hydrogen (secondary N) is 2. The molecule has 1 rings (SSSR count). The van der Waals surface area contributed by atoms with E-state index >= 15 is 0 Å². The monoisotopic (exact) mass is 521 g/mol. The summed E-state index contributed by atoms with van der Waals surface area (Å²) in [5, 5.41) is 5.25. The Hall–Kier alpha value is -3.01. The first-order chi connectivity index (χ1) is 17.0. The Kier molecular flexibility index (Phi) is 13.1. The molecular weight excluding hydrogens is 482 g/mol. The topological polar surface area (TPSA) is 114 Å². The Balaban J connectivity index is 3.43. The summed E-state index contributed by atoms with van der Waals surface area (Å²) in [7, 11) is 1.23. The molecule has 0 aliphatic heterocycles. The van der Waals surface area contributed by atoms with E-state index in [-0.39, 0.29) is 13.1 Å². The fourth-order valence-electron chi connectivity index (χ4n) is 3.41. The van der Waals surface area contributed by atoms with E-state index in [0.29, 0.717) is 24.2 Å². The minimum atomic E-state index is -1.04. The smallest absolute Gasteiger partial charge is 0.408 e. The maximum absolute atomic E-state index is 13.9. The van der Waals surface area contributed by atoms with Crippen molar-refractivity contribution in [3.8, 4) is 0 Å². The average molecular weight is 522 g/mol. The summed E-state index contributed by atoms with van der Waals surface area (Å²) < 4.78 is 10.0. The number of hydrogen-bond acceptors (Lipinski definition) is 7. The normalized spacial score (nSPS) is 12.6. The quantitative estimate of drug-likeness (QED) is 0.382. The van der Waals surface area contributed by atoms with Gasteiger partial charge in [-0.3, -0.25) is 14.4 Å². The molecular formula is C26H39N3O6S. The van der Waals surface area contributed by atoms with Crippen LogP contribution in [0.25, 0.3) is 6.08 Å². The van der Waals surface area contributed by atoms with Crippen molar-refractivity contribution >= 4 is 41.7 Å². The standard InChI is InChI=1S/C26H39N3O6S/c1-8-14-29(24(32)20(13-15-36-7)28-25(33)35-26(3,4)5)22(23(31)27-17-21(30)34-6)19-12-10-11-18(9-2)16-19/h9-12,16,20,22H,2,8,13-15,17H2,1,3-7H3,(H,27,31)(H,28,33). The second-order valence-electron chi connectivity index (χ2n) is 9.08. The number of rotatable bonds is 13. The molecule has 1 aromatic carbocycles. The van der Waals surface area contributed by atoms with Gasteiger partial charge in [0, 0.05) is 6.54 Å². The van der Waals surface area contributed by atoms with E-state index in [0.717, 1.165) is 5.56 Å². The number of methoxy groups -OCH3 is 1. The predicted octanol–water partition coefficient (Wildman–Crippen LogP) is 3.54. The van der Waals surface area contributed by atoms with Gasteiger partial charge in [-0.25, -0.2) is 4.79 Å². The lowest BCUT2D eigenvalue weighted by Crippen LogP contribution is -2.53. The largest absolute Gasteiger partial charge is 0.468 e. The Morgan fingerprint density at radius 2 is 1.92 bits per heavy atom. The number of hydrogen-bond donors (Lipinski definition) is 2. The number of nitrogens with zero attached hydrogens (tertiary/aromatic N) is 1. The van der Waals surface area contributed by atoms with Gasteiger partial charge in [-0.15, -0.1) is 0 Å². The van der Waals surface area contributed by atoms with Crippen molar-refractivity contribution in [2.24, 2.45) is 0 Å². The number of carbonyl (C=O) groups is 4. The number of amides is 3. The molecule has 0 spiro atoms. The summed E-state index contributed by atoms with van der Waals surface area (Å²) in [6.45, 7) is 10.8. The van der Waals surface area contributed by atoms with Gasteiger partial charge in [-0.2, -0.15) is 11.8 Å². The van der Waals surface area contributed by atoms with Crippen LogP contribution >= 0.6 is 11.8 Å². The first-order valence-electron chi connectivity index (χ1n) is 11.8. The lowest BCUT2D eigenvalue weighted by atomic mass is 10.00. The summed E-state index contributed by atoms with van der Waals surface area (Å²) in [6, 6.07) is 5.16. The van der Waals surface area contributed by atoms with Crippen molar-refractivity contribution in [3.63, 3.8) is 0 Å². The molecule has 2 N–H and O–H groups in total. The lowest BCUT2D eigenvalue weighted by molar-refractivity contribution is -0.144. The third-order valence-electron chi connectivity index (χ3n) is 5.00. The van der Waals surface area contributed by atoms with E-state index in [1.165, 1.54) is 23.8 Å².